The number of ether oxygens (including phenoxy) is 1. The number of hydrogen-bond acceptors (Lipinski definition) is 3. The standard InChI is InChI=1S/C13H27NO2/c1-4-7-10-13(15)16-12-9-8-11-14(5-2)6-3/h4-12H2,1-3H3. The van der Waals surface area contributed by atoms with Crippen LogP contribution in [0.1, 0.15) is 52.9 Å². The summed E-state index contributed by atoms with van der Waals surface area (Å²) in [5.74, 6) is -0.0373. The van der Waals surface area contributed by atoms with Gasteiger partial charge in [-0.25, -0.2) is 0 Å². The van der Waals surface area contributed by atoms with Crippen LogP contribution in [0, 0.1) is 0 Å². The highest BCUT2D eigenvalue weighted by atomic mass is 16.5. The van der Waals surface area contributed by atoms with Crippen LogP contribution in [0.25, 0.3) is 0 Å². The minimum absolute atomic E-state index is 0.0373. The molecule has 0 saturated carbocycles. The topological polar surface area (TPSA) is 29.5 Å². The summed E-state index contributed by atoms with van der Waals surface area (Å²) < 4.78 is 5.14. The SMILES string of the molecule is CCCCC(=O)OCCCCN(CC)CC. The lowest BCUT2D eigenvalue weighted by Gasteiger charge is -2.17. The molecule has 3 nitrogen and oxygen atoms in total. The van der Waals surface area contributed by atoms with E-state index in [1.54, 1.807) is 0 Å². The number of esters is 1. The fourth-order valence-electron chi connectivity index (χ4n) is 1.56. The Morgan fingerprint density at radius 2 is 1.75 bits per heavy atom. The molecule has 96 valence electrons. The maximum atomic E-state index is 11.2. The summed E-state index contributed by atoms with van der Waals surface area (Å²) in [6.07, 6.45) is 4.67. The van der Waals surface area contributed by atoms with E-state index in [0.29, 0.717) is 13.0 Å². The van der Waals surface area contributed by atoms with Gasteiger partial charge < -0.3 is 9.64 Å². The summed E-state index contributed by atoms with van der Waals surface area (Å²) >= 11 is 0. The van der Waals surface area contributed by atoms with Crippen LogP contribution in [0.3, 0.4) is 0 Å². The van der Waals surface area contributed by atoms with Crippen LogP contribution in [-0.2, 0) is 9.53 Å². The van der Waals surface area contributed by atoms with Gasteiger partial charge in [0.05, 0.1) is 6.61 Å². The van der Waals surface area contributed by atoms with Gasteiger partial charge in [-0.05, 0) is 38.9 Å². The van der Waals surface area contributed by atoms with E-state index in [9.17, 15) is 4.79 Å². The predicted molar refractivity (Wildman–Crippen MR) is 67.5 cm³/mol. The second kappa shape index (κ2) is 10.9. The first kappa shape index (κ1) is 15.4. The van der Waals surface area contributed by atoms with Gasteiger partial charge in [0.1, 0.15) is 0 Å². The molecule has 0 N–H and O–H groups in total. The van der Waals surface area contributed by atoms with E-state index in [4.69, 9.17) is 4.74 Å². The van der Waals surface area contributed by atoms with Gasteiger partial charge in [0.15, 0.2) is 0 Å². The molecular weight excluding hydrogens is 202 g/mol. The van der Waals surface area contributed by atoms with Gasteiger partial charge in [-0.3, -0.25) is 4.79 Å². The largest absolute Gasteiger partial charge is 0.466 e. The van der Waals surface area contributed by atoms with Gasteiger partial charge in [0.25, 0.3) is 0 Å². The lowest BCUT2D eigenvalue weighted by molar-refractivity contribution is -0.143. The molecule has 0 aliphatic carbocycles. The van der Waals surface area contributed by atoms with Crippen LogP contribution in [0.5, 0.6) is 0 Å². The first-order valence-electron chi connectivity index (χ1n) is 6.62. The summed E-state index contributed by atoms with van der Waals surface area (Å²) in [7, 11) is 0. The quantitative estimate of drug-likeness (QED) is 0.426. The molecule has 0 aliphatic rings. The minimum atomic E-state index is -0.0373. The monoisotopic (exact) mass is 229 g/mol. The van der Waals surface area contributed by atoms with Crippen molar-refractivity contribution in [2.75, 3.05) is 26.2 Å². The van der Waals surface area contributed by atoms with E-state index < -0.39 is 0 Å². The van der Waals surface area contributed by atoms with Crippen LogP contribution < -0.4 is 0 Å². The molecule has 0 heterocycles. The number of carbonyl (C=O) groups excluding carboxylic acids is 1. The average molecular weight is 229 g/mol. The summed E-state index contributed by atoms with van der Waals surface area (Å²) in [5, 5.41) is 0. The van der Waals surface area contributed by atoms with Crippen molar-refractivity contribution < 1.29 is 9.53 Å². The highest BCUT2D eigenvalue weighted by Crippen LogP contribution is 1.99. The van der Waals surface area contributed by atoms with Crippen molar-refractivity contribution in [3.8, 4) is 0 Å². The van der Waals surface area contributed by atoms with Crippen LogP contribution in [0.2, 0.25) is 0 Å². The first-order valence-corrected chi connectivity index (χ1v) is 6.62. The highest BCUT2D eigenvalue weighted by Gasteiger charge is 2.02. The van der Waals surface area contributed by atoms with Crippen molar-refractivity contribution in [2.45, 2.75) is 52.9 Å². The third-order valence-corrected chi connectivity index (χ3v) is 2.76. The molecule has 0 fully saturated rings. The first-order chi connectivity index (χ1) is 7.74. The maximum absolute atomic E-state index is 11.2. The number of unbranched alkanes of at least 4 members (excludes halogenated alkanes) is 2. The molecule has 0 saturated heterocycles. The zero-order valence-electron chi connectivity index (χ0n) is 11.1. The molecular formula is C13H27NO2. The lowest BCUT2D eigenvalue weighted by Crippen LogP contribution is -2.24. The lowest BCUT2D eigenvalue weighted by atomic mass is 10.2. The molecule has 0 aromatic carbocycles. The van der Waals surface area contributed by atoms with E-state index in [1.807, 2.05) is 0 Å². The summed E-state index contributed by atoms with van der Waals surface area (Å²) in [6, 6.07) is 0. The zero-order chi connectivity index (χ0) is 12.2. The van der Waals surface area contributed by atoms with Crippen LogP contribution >= 0.6 is 0 Å². The molecule has 0 radical (unpaired) electrons. The smallest absolute Gasteiger partial charge is 0.305 e. The van der Waals surface area contributed by atoms with E-state index in [1.165, 1.54) is 0 Å². The molecule has 0 unspecified atom stereocenters. The van der Waals surface area contributed by atoms with Gasteiger partial charge >= 0.3 is 5.97 Å². The molecule has 0 bridgehead atoms. The van der Waals surface area contributed by atoms with Gasteiger partial charge in [-0.1, -0.05) is 27.2 Å². The predicted octanol–water partition coefficient (Wildman–Crippen LogP) is 2.84. The summed E-state index contributed by atoms with van der Waals surface area (Å²) in [6.45, 7) is 10.3. The van der Waals surface area contributed by atoms with Crippen LogP contribution in [0.15, 0.2) is 0 Å². The second-order valence-electron chi connectivity index (χ2n) is 4.06. The van der Waals surface area contributed by atoms with Crippen LogP contribution in [0.4, 0.5) is 0 Å². The van der Waals surface area contributed by atoms with Crippen LogP contribution in [-0.4, -0.2) is 37.1 Å². The Balaban J connectivity index is 3.29. The summed E-state index contributed by atoms with van der Waals surface area (Å²) in [4.78, 5) is 13.6. The molecule has 0 atom stereocenters. The maximum Gasteiger partial charge on any atom is 0.305 e. The zero-order valence-corrected chi connectivity index (χ0v) is 11.1. The Bertz CT molecular complexity index is 167. The molecule has 0 aromatic heterocycles. The van der Waals surface area contributed by atoms with E-state index in [-0.39, 0.29) is 5.97 Å². The molecule has 3 heteroatoms. The van der Waals surface area contributed by atoms with Gasteiger partial charge in [0, 0.05) is 6.42 Å². The Hall–Kier alpha value is -0.570. The molecule has 0 aliphatic heterocycles. The van der Waals surface area contributed by atoms with Crippen molar-refractivity contribution in [1.82, 2.24) is 4.90 Å². The highest BCUT2D eigenvalue weighted by molar-refractivity contribution is 5.69. The normalized spacial score (nSPS) is 10.8. The fraction of sp³-hybridized carbons (Fsp3) is 0.923. The number of carbonyl (C=O) groups is 1. The minimum Gasteiger partial charge on any atom is -0.466 e. The number of nitrogens with zero attached hydrogens (tertiary/aromatic N) is 1. The Morgan fingerprint density at radius 1 is 1.06 bits per heavy atom. The van der Waals surface area contributed by atoms with Crippen molar-refractivity contribution in [1.29, 1.82) is 0 Å². The van der Waals surface area contributed by atoms with Crippen molar-refractivity contribution >= 4 is 5.97 Å². The third-order valence-electron chi connectivity index (χ3n) is 2.76. The van der Waals surface area contributed by atoms with E-state index in [0.717, 1.165) is 45.3 Å². The van der Waals surface area contributed by atoms with Gasteiger partial charge in [-0.2, -0.15) is 0 Å². The van der Waals surface area contributed by atoms with E-state index in [2.05, 4.69) is 25.7 Å². The van der Waals surface area contributed by atoms with Crippen molar-refractivity contribution in [2.24, 2.45) is 0 Å². The molecule has 16 heavy (non-hydrogen) atoms. The fourth-order valence-corrected chi connectivity index (χ4v) is 1.56. The Morgan fingerprint density at radius 3 is 2.31 bits per heavy atom. The van der Waals surface area contributed by atoms with Gasteiger partial charge in [0.2, 0.25) is 0 Å². The molecule has 0 rings (SSSR count). The van der Waals surface area contributed by atoms with Crippen molar-refractivity contribution in [3.05, 3.63) is 0 Å². The third kappa shape index (κ3) is 8.72. The molecule has 0 aromatic rings. The van der Waals surface area contributed by atoms with Gasteiger partial charge in [-0.15, -0.1) is 0 Å². The molecule has 0 spiro atoms. The number of rotatable bonds is 10. The molecule has 0 amide bonds. The number of hydrogen-bond donors (Lipinski definition) is 0. The Kier molecular flexibility index (Phi) is 10.5. The second-order valence-corrected chi connectivity index (χ2v) is 4.06. The average Bonchev–Trinajstić information content (AvgIpc) is 2.31. The van der Waals surface area contributed by atoms with E-state index >= 15 is 0 Å². The Labute approximate surface area is 100 Å². The summed E-state index contributed by atoms with van der Waals surface area (Å²) in [5.41, 5.74) is 0. The van der Waals surface area contributed by atoms with Crippen molar-refractivity contribution in [3.63, 3.8) is 0 Å².